The second-order valence-electron chi connectivity index (χ2n) is 4.12. The van der Waals surface area contributed by atoms with Gasteiger partial charge in [-0.2, -0.15) is 11.8 Å². The van der Waals surface area contributed by atoms with E-state index in [9.17, 15) is 14.4 Å². The van der Waals surface area contributed by atoms with Gasteiger partial charge >= 0.3 is 12.0 Å². The molecule has 7 heteroatoms. The zero-order chi connectivity index (χ0) is 14.1. The number of thioether (sulfide) groups is 1. The van der Waals surface area contributed by atoms with Crippen LogP contribution in [-0.2, 0) is 14.3 Å². The van der Waals surface area contributed by atoms with Crippen LogP contribution < -0.4 is 10.6 Å². The third kappa shape index (κ3) is 7.94. The Hall–Kier alpha value is -1.24. The normalized spacial score (nSPS) is 11.8. The monoisotopic (exact) mass is 276 g/mol. The fourth-order valence-corrected chi connectivity index (χ4v) is 1.92. The number of rotatable bonds is 6. The van der Waals surface area contributed by atoms with E-state index >= 15 is 0 Å². The Morgan fingerprint density at radius 3 is 2.33 bits per heavy atom. The molecule has 1 unspecified atom stereocenters. The highest BCUT2D eigenvalue weighted by Gasteiger charge is 2.14. The first-order valence-electron chi connectivity index (χ1n) is 5.62. The van der Waals surface area contributed by atoms with E-state index in [0.717, 1.165) is 0 Å². The van der Waals surface area contributed by atoms with Crippen LogP contribution in [0.15, 0.2) is 0 Å². The van der Waals surface area contributed by atoms with Gasteiger partial charge in [-0.25, -0.2) is 4.79 Å². The lowest BCUT2D eigenvalue weighted by molar-refractivity contribution is -0.144. The summed E-state index contributed by atoms with van der Waals surface area (Å²) in [7, 11) is 1.33. The summed E-state index contributed by atoms with van der Waals surface area (Å²) in [5.74, 6) is -0.341. The summed E-state index contributed by atoms with van der Waals surface area (Å²) in [5, 5.41) is 4.75. The van der Waals surface area contributed by atoms with Crippen molar-refractivity contribution < 1.29 is 19.1 Å². The Labute approximate surface area is 111 Å². The molecule has 0 saturated carbocycles. The number of hydrogen-bond donors (Lipinski definition) is 2. The number of carbonyl (C=O) groups excluding carboxylic acids is 3. The maximum absolute atomic E-state index is 11.3. The van der Waals surface area contributed by atoms with E-state index in [1.807, 2.05) is 0 Å². The van der Waals surface area contributed by atoms with Gasteiger partial charge in [-0.15, -0.1) is 0 Å². The van der Waals surface area contributed by atoms with Crippen molar-refractivity contribution in [2.75, 3.05) is 18.6 Å². The number of hydrogen-bond acceptors (Lipinski definition) is 5. The molecular formula is C11H20N2O4S. The summed E-state index contributed by atoms with van der Waals surface area (Å²) >= 11 is 1.28. The third-order valence-electron chi connectivity index (χ3n) is 1.88. The van der Waals surface area contributed by atoms with Crippen molar-refractivity contribution in [3.8, 4) is 0 Å². The molecular weight excluding hydrogens is 256 g/mol. The van der Waals surface area contributed by atoms with Gasteiger partial charge in [0, 0.05) is 11.8 Å². The van der Waals surface area contributed by atoms with E-state index in [0.29, 0.717) is 5.75 Å². The van der Waals surface area contributed by atoms with Crippen LogP contribution in [-0.4, -0.2) is 42.6 Å². The molecule has 0 radical (unpaired) electrons. The Bertz CT molecular complexity index is 307. The van der Waals surface area contributed by atoms with Crippen LogP contribution in [0.3, 0.4) is 0 Å². The van der Waals surface area contributed by atoms with Gasteiger partial charge < -0.3 is 10.1 Å². The highest BCUT2D eigenvalue weighted by molar-refractivity contribution is 7.99. The fraction of sp³-hybridized carbons (Fsp3) is 0.727. The van der Waals surface area contributed by atoms with Gasteiger partial charge in [0.15, 0.2) is 0 Å². The molecule has 0 aromatic carbocycles. The van der Waals surface area contributed by atoms with Gasteiger partial charge in [-0.05, 0) is 13.8 Å². The van der Waals surface area contributed by atoms with Gasteiger partial charge in [-0.1, -0.05) is 6.92 Å². The molecule has 0 aromatic heterocycles. The minimum atomic E-state index is -0.503. The molecule has 0 spiro atoms. The zero-order valence-corrected chi connectivity index (χ0v) is 11.9. The summed E-state index contributed by atoms with van der Waals surface area (Å²) in [6.07, 6.45) is 0. The van der Waals surface area contributed by atoms with E-state index in [2.05, 4.69) is 15.4 Å². The van der Waals surface area contributed by atoms with Gasteiger partial charge in [-0.3, -0.25) is 14.9 Å². The number of esters is 1. The fourth-order valence-electron chi connectivity index (χ4n) is 1.06. The molecule has 0 rings (SSSR count). The third-order valence-corrected chi connectivity index (χ3v) is 3.08. The highest BCUT2D eigenvalue weighted by Crippen LogP contribution is 2.09. The van der Waals surface area contributed by atoms with E-state index in [4.69, 9.17) is 0 Å². The molecule has 0 aliphatic heterocycles. The van der Waals surface area contributed by atoms with E-state index in [-0.39, 0.29) is 29.6 Å². The molecule has 0 aliphatic rings. The number of methoxy groups -OCH3 is 1. The van der Waals surface area contributed by atoms with Crippen LogP contribution in [0.4, 0.5) is 4.79 Å². The molecule has 18 heavy (non-hydrogen) atoms. The van der Waals surface area contributed by atoms with Crippen molar-refractivity contribution in [1.29, 1.82) is 0 Å². The minimum Gasteiger partial charge on any atom is -0.469 e. The molecule has 0 bridgehead atoms. The van der Waals surface area contributed by atoms with Crippen molar-refractivity contribution in [2.24, 2.45) is 5.92 Å². The minimum absolute atomic E-state index is 0.0233. The summed E-state index contributed by atoms with van der Waals surface area (Å²) in [6, 6.07) is -0.526. The molecule has 104 valence electrons. The molecule has 1 atom stereocenters. The average molecular weight is 276 g/mol. The molecule has 0 fully saturated rings. The maximum atomic E-state index is 11.3. The SMILES string of the molecule is COC(=O)C(C)CSCC(=O)NC(=O)NC(C)C. The molecule has 2 N–H and O–H groups in total. The van der Waals surface area contributed by atoms with Gasteiger partial charge in [0.25, 0.3) is 0 Å². The number of urea groups is 1. The summed E-state index contributed by atoms with van der Waals surface area (Å²) < 4.78 is 4.56. The first-order chi connectivity index (χ1) is 8.36. The molecule has 0 saturated heterocycles. The molecule has 0 aromatic rings. The van der Waals surface area contributed by atoms with Gasteiger partial charge in [0.2, 0.25) is 5.91 Å². The number of ether oxygens (including phenoxy) is 1. The second-order valence-corrected chi connectivity index (χ2v) is 5.15. The molecule has 0 aliphatic carbocycles. The second kappa shape index (κ2) is 8.79. The topological polar surface area (TPSA) is 84.5 Å². The quantitative estimate of drug-likeness (QED) is 0.700. The Morgan fingerprint density at radius 2 is 1.83 bits per heavy atom. The number of amides is 3. The lowest BCUT2D eigenvalue weighted by Gasteiger charge is -2.10. The molecule has 6 nitrogen and oxygen atoms in total. The lowest BCUT2D eigenvalue weighted by Crippen LogP contribution is -2.43. The summed E-state index contributed by atoms with van der Waals surface area (Å²) in [6.45, 7) is 5.33. The Kier molecular flexibility index (Phi) is 8.19. The highest BCUT2D eigenvalue weighted by atomic mass is 32.2. The standard InChI is InChI=1S/C11H20N2O4S/c1-7(2)12-11(16)13-9(14)6-18-5-8(3)10(15)17-4/h7-8H,5-6H2,1-4H3,(H2,12,13,14,16). The van der Waals surface area contributed by atoms with Crippen molar-refractivity contribution in [2.45, 2.75) is 26.8 Å². The smallest absolute Gasteiger partial charge is 0.321 e. The first-order valence-corrected chi connectivity index (χ1v) is 6.78. The van der Waals surface area contributed by atoms with E-state index < -0.39 is 6.03 Å². The van der Waals surface area contributed by atoms with Crippen molar-refractivity contribution in [3.05, 3.63) is 0 Å². The van der Waals surface area contributed by atoms with Crippen LogP contribution in [0, 0.1) is 5.92 Å². The average Bonchev–Trinajstić information content (AvgIpc) is 2.26. The predicted molar refractivity (Wildman–Crippen MR) is 70.3 cm³/mol. The van der Waals surface area contributed by atoms with Gasteiger partial charge in [0.05, 0.1) is 18.8 Å². The molecule has 0 heterocycles. The van der Waals surface area contributed by atoms with Crippen LogP contribution >= 0.6 is 11.8 Å². The first kappa shape index (κ1) is 16.8. The van der Waals surface area contributed by atoms with Gasteiger partial charge in [0.1, 0.15) is 0 Å². The number of carbonyl (C=O) groups is 3. The Morgan fingerprint density at radius 1 is 1.22 bits per heavy atom. The van der Waals surface area contributed by atoms with E-state index in [1.54, 1.807) is 20.8 Å². The summed E-state index contributed by atoms with van der Waals surface area (Å²) in [4.78, 5) is 33.6. The predicted octanol–water partition coefficient (Wildman–Crippen LogP) is 0.763. The van der Waals surface area contributed by atoms with Crippen molar-refractivity contribution >= 4 is 29.7 Å². The van der Waals surface area contributed by atoms with Crippen molar-refractivity contribution in [1.82, 2.24) is 10.6 Å². The zero-order valence-electron chi connectivity index (χ0n) is 11.1. The maximum Gasteiger partial charge on any atom is 0.321 e. The summed E-state index contributed by atoms with van der Waals surface area (Å²) in [5.41, 5.74) is 0. The lowest BCUT2D eigenvalue weighted by atomic mass is 10.2. The Balaban J connectivity index is 3.78. The van der Waals surface area contributed by atoms with Crippen LogP contribution in [0.2, 0.25) is 0 Å². The van der Waals surface area contributed by atoms with Crippen LogP contribution in [0.25, 0.3) is 0 Å². The van der Waals surface area contributed by atoms with Crippen LogP contribution in [0.1, 0.15) is 20.8 Å². The number of nitrogens with one attached hydrogen (secondary N) is 2. The van der Waals surface area contributed by atoms with E-state index in [1.165, 1.54) is 18.9 Å². The molecule has 3 amide bonds. The number of imide groups is 1. The van der Waals surface area contributed by atoms with Crippen LogP contribution in [0.5, 0.6) is 0 Å². The van der Waals surface area contributed by atoms with Crippen molar-refractivity contribution in [3.63, 3.8) is 0 Å². The largest absolute Gasteiger partial charge is 0.469 e.